The molecule has 0 radical (unpaired) electrons. The Morgan fingerprint density at radius 3 is 2.00 bits per heavy atom. The van der Waals surface area contributed by atoms with Gasteiger partial charge >= 0.3 is 5.97 Å². The monoisotopic (exact) mass is 293 g/mol. The number of carbonyl (C=O) groups is 2. The number of aliphatic carboxylic acids is 1. The van der Waals surface area contributed by atoms with Crippen LogP contribution in [0.1, 0.15) is 58.3 Å². The highest BCUT2D eigenvalue weighted by Crippen LogP contribution is 2.60. The third-order valence-electron chi connectivity index (χ3n) is 5.87. The molecule has 4 bridgehead atoms. The Hall–Kier alpha value is -1.06. The zero-order chi connectivity index (χ0) is 15.0. The van der Waals surface area contributed by atoms with Crippen LogP contribution in [-0.2, 0) is 9.59 Å². The Morgan fingerprint density at radius 2 is 1.57 bits per heavy atom. The topological polar surface area (TPSA) is 57.6 Å². The van der Waals surface area contributed by atoms with Crippen molar-refractivity contribution in [1.29, 1.82) is 0 Å². The minimum Gasteiger partial charge on any atom is -0.481 e. The first kappa shape index (κ1) is 14.9. The molecule has 4 fully saturated rings. The van der Waals surface area contributed by atoms with Crippen LogP contribution in [0.15, 0.2) is 0 Å². The molecule has 4 heteroatoms. The van der Waals surface area contributed by atoms with Crippen molar-refractivity contribution >= 4 is 11.9 Å². The predicted octanol–water partition coefficient (Wildman–Crippen LogP) is 2.92. The maximum Gasteiger partial charge on any atom is 0.305 e. The molecule has 0 spiro atoms. The van der Waals surface area contributed by atoms with E-state index in [1.165, 1.54) is 19.3 Å². The van der Waals surface area contributed by atoms with Gasteiger partial charge in [0.2, 0.25) is 5.91 Å². The summed E-state index contributed by atoms with van der Waals surface area (Å²) < 4.78 is 0. The Kier molecular flexibility index (Phi) is 3.98. The fourth-order valence-corrected chi connectivity index (χ4v) is 5.52. The molecule has 4 nitrogen and oxygen atoms in total. The zero-order valence-electron chi connectivity index (χ0n) is 13.0. The van der Waals surface area contributed by atoms with Crippen LogP contribution >= 0.6 is 0 Å². The molecule has 0 aliphatic heterocycles. The summed E-state index contributed by atoms with van der Waals surface area (Å²) >= 11 is 0. The van der Waals surface area contributed by atoms with Crippen molar-refractivity contribution in [3.05, 3.63) is 0 Å². The molecular weight excluding hydrogens is 266 g/mol. The molecule has 0 aromatic rings. The number of hydrogen-bond acceptors (Lipinski definition) is 2. The van der Waals surface area contributed by atoms with Gasteiger partial charge in [0, 0.05) is 13.1 Å². The second kappa shape index (κ2) is 5.62. The molecule has 4 rings (SSSR count). The number of carbonyl (C=O) groups excluding carboxylic acids is 1. The quantitative estimate of drug-likeness (QED) is 0.819. The number of amides is 1. The number of rotatable bonds is 6. The van der Waals surface area contributed by atoms with Crippen LogP contribution in [-0.4, -0.2) is 35.0 Å². The van der Waals surface area contributed by atoms with Crippen molar-refractivity contribution in [2.45, 2.75) is 58.3 Å². The summed E-state index contributed by atoms with van der Waals surface area (Å²) in [5.41, 5.74) is -0.136. The third kappa shape index (κ3) is 2.82. The Labute approximate surface area is 126 Å². The van der Waals surface area contributed by atoms with Crippen molar-refractivity contribution < 1.29 is 14.7 Å². The van der Waals surface area contributed by atoms with E-state index < -0.39 is 5.97 Å². The predicted molar refractivity (Wildman–Crippen MR) is 79.7 cm³/mol. The zero-order valence-corrected chi connectivity index (χ0v) is 13.0. The van der Waals surface area contributed by atoms with Gasteiger partial charge in [0.25, 0.3) is 0 Å². The van der Waals surface area contributed by atoms with Gasteiger partial charge in [-0.3, -0.25) is 9.59 Å². The highest BCUT2D eigenvalue weighted by molar-refractivity contribution is 5.83. The molecule has 4 saturated carbocycles. The molecular formula is C17H27NO3. The summed E-state index contributed by atoms with van der Waals surface area (Å²) in [6.07, 6.45) is 8.14. The minimum absolute atomic E-state index is 0.0676. The highest BCUT2D eigenvalue weighted by Gasteiger charge is 2.55. The summed E-state index contributed by atoms with van der Waals surface area (Å²) in [7, 11) is 0. The Morgan fingerprint density at radius 1 is 1.05 bits per heavy atom. The van der Waals surface area contributed by atoms with E-state index in [0.29, 0.717) is 13.1 Å². The van der Waals surface area contributed by atoms with Gasteiger partial charge in [-0.2, -0.15) is 0 Å². The number of nitrogens with zero attached hydrogens (tertiary/aromatic N) is 1. The lowest BCUT2D eigenvalue weighted by Crippen LogP contribution is -2.55. The van der Waals surface area contributed by atoms with Crippen LogP contribution in [0.5, 0.6) is 0 Å². The first-order chi connectivity index (χ1) is 10.0. The second-order valence-electron chi connectivity index (χ2n) is 7.63. The lowest BCUT2D eigenvalue weighted by Gasteiger charge is -2.56. The van der Waals surface area contributed by atoms with Crippen LogP contribution in [0, 0.1) is 23.2 Å². The van der Waals surface area contributed by atoms with E-state index >= 15 is 0 Å². The lowest BCUT2D eigenvalue weighted by atomic mass is 9.49. The molecule has 1 amide bonds. The molecule has 4 aliphatic carbocycles. The van der Waals surface area contributed by atoms with Gasteiger partial charge in [-0.25, -0.2) is 0 Å². The fourth-order valence-electron chi connectivity index (χ4n) is 5.52. The van der Waals surface area contributed by atoms with Gasteiger partial charge in [0.15, 0.2) is 0 Å². The van der Waals surface area contributed by atoms with Gasteiger partial charge in [-0.15, -0.1) is 0 Å². The standard InChI is InChI=1S/C17H27NO3/c1-2-4-18(5-3-15(19)20)16(21)17-9-12-6-13(10-17)8-14(7-12)11-17/h12-14H,2-11H2,1H3,(H,19,20). The maximum absolute atomic E-state index is 13.1. The largest absolute Gasteiger partial charge is 0.481 e. The molecule has 0 atom stereocenters. The van der Waals surface area contributed by atoms with Crippen molar-refractivity contribution in [2.75, 3.05) is 13.1 Å². The number of carboxylic acids is 1. The van der Waals surface area contributed by atoms with E-state index in [1.807, 2.05) is 4.90 Å². The average molecular weight is 293 g/mol. The summed E-state index contributed by atoms with van der Waals surface area (Å²) in [6.45, 7) is 3.14. The number of hydrogen-bond donors (Lipinski definition) is 1. The van der Waals surface area contributed by atoms with Gasteiger partial charge in [0.05, 0.1) is 11.8 Å². The van der Waals surface area contributed by atoms with E-state index in [9.17, 15) is 9.59 Å². The molecule has 118 valence electrons. The van der Waals surface area contributed by atoms with Gasteiger partial charge < -0.3 is 10.0 Å². The van der Waals surface area contributed by atoms with E-state index in [1.54, 1.807) is 0 Å². The maximum atomic E-state index is 13.1. The van der Waals surface area contributed by atoms with Crippen LogP contribution in [0.25, 0.3) is 0 Å². The highest BCUT2D eigenvalue weighted by atomic mass is 16.4. The van der Waals surface area contributed by atoms with Gasteiger partial charge in [-0.1, -0.05) is 6.92 Å². The van der Waals surface area contributed by atoms with E-state index in [2.05, 4.69) is 6.92 Å². The molecule has 0 aromatic heterocycles. The molecule has 21 heavy (non-hydrogen) atoms. The summed E-state index contributed by atoms with van der Waals surface area (Å²) in [5.74, 6) is 1.72. The summed E-state index contributed by atoms with van der Waals surface area (Å²) in [4.78, 5) is 25.8. The SMILES string of the molecule is CCCN(CCC(=O)O)C(=O)C12CC3CC(CC(C3)C1)C2. The Bertz CT molecular complexity index is 396. The number of carboxylic acid groups (broad SMARTS) is 1. The van der Waals surface area contributed by atoms with Crippen LogP contribution in [0.3, 0.4) is 0 Å². The van der Waals surface area contributed by atoms with Crippen molar-refractivity contribution in [3.8, 4) is 0 Å². The normalized spacial score (nSPS) is 36.7. The van der Waals surface area contributed by atoms with Crippen molar-refractivity contribution in [3.63, 3.8) is 0 Å². The van der Waals surface area contributed by atoms with Crippen LogP contribution in [0.2, 0.25) is 0 Å². The van der Waals surface area contributed by atoms with E-state index in [4.69, 9.17) is 5.11 Å². The molecule has 1 N–H and O–H groups in total. The van der Waals surface area contributed by atoms with Crippen LogP contribution in [0.4, 0.5) is 0 Å². The molecule has 0 saturated heterocycles. The first-order valence-electron chi connectivity index (χ1n) is 8.53. The van der Waals surface area contributed by atoms with Crippen LogP contribution < -0.4 is 0 Å². The molecule has 0 aromatic carbocycles. The van der Waals surface area contributed by atoms with E-state index in [-0.39, 0.29) is 17.7 Å². The van der Waals surface area contributed by atoms with Crippen molar-refractivity contribution in [2.24, 2.45) is 23.2 Å². The first-order valence-corrected chi connectivity index (χ1v) is 8.53. The lowest BCUT2D eigenvalue weighted by molar-refractivity contribution is -0.158. The molecule has 4 aliphatic rings. The minimum atomic E-state index is -0.811. The van der Waals surface area contributed by atoms with Gasteiger partial charge in [-0.05, 0) is 62.7 Å². The smallest absolute Gasteiger partial charge is 0.305 e. The molecule has 0 heterocycles. The fraction of sp³-hybridized carbons (Fsp3) is 0.882. The average Bonchev–Trinajstić information content (AvgIpc) is 2.41. The Balaban J connectivity index is 1.74. The summed E-state index contributed by atoms with van der Waals surface area (Å²) in [6, 6.07) is 0. The van der Waals surface area contributed by atoms with Gasteiger partial charge in [0.1, 0.15) is 0 Å². The summed E-state index contributed by atoms with van der Waals surface area (Å²) in [5, 5.41) is 8.91. The second-order valence-corrected chi connectivity index (χ2v) is 7.63. The van der Waals surface area contributed by atoms with E-state index in [0.717, 1.165) is 43.4 Å². The van der Waals surface area contributed by atoms with Crippen molar-refractivity contribution in [1.82, 2.24) is 4.90 Å². The molecule has 0 unspecified atom stereocenters. The third-order valence-corrected chi connectivity index (χ3v) is 5.87.